The van der Waals surface area contributed by atoms with E-state index in [4.69, 9.17) is 23.2 Å². The zero-order chi connectivity index (χ0) is 49.9. The molecule has 19 heteroatoms. The smallest absolute Gasteiger partial charge is 0.267 e. The maximum atomic E-state index is 13.7. The first kappa shape index (κ1) is 53.6. The number of halogens is 4. The SMILES string of the molecule is CC(C)(C)N(NC(=O)c1c(F)cccc1F)C(=O)c1cccs1.CC(C)(C)N(NC(=O)c1ccc(Cl)c(Cl)c1)C(=O)c1cccs1.CC(C)(C)N(NC(=O)c1ccsc1)C(=O)c1ccccc1. The Morgan fingerprint density at radius 3 is 1.36 bits per heavy atom. The molecular weight excluding hydrogens is 962 g/mol. The molecule has 0 atom stereocenters. The van der Waals surface area contributed by atoms with Gasteiger partial charge in [-0.25, -0.2) is 23.8 Å². The Kier molecular flexibility index (Phi) is 18.5. The molecule has 6 aromatic rings. The molecule has 0 fully saturated rings. The zero-order valence-electron chi connectivity index (χ0n) is 38.1. The van der Waals surface area contributed by atoms with Gasteiger partial charge in [-0.3, -0.25) is 45.0 Å². The molecule has 0 spiro atoms. The predicted octanol–water partition coefficient (Wildman–Crippen LogP) is 11.6. The first-order chi connectivity index (χ1) is 31.3. The minimum absolute atomic E-state index is 0.230. The number of hydrogen-bond acceptors (Lipinski definition) is 9. The molecule has 0 unspecified atom stereocenters. The van der Waals surface area contributed by atoms with Crippen LogP contribution in [0.4, 0.5) is 8.78 Å². The second-order valence-corrected chi connectivity index (χ2v) is 20.8. The minimum Gasteiger partial charge on any atom is -0.267 e. The van der Waals surface area contributed by atoms with Crippen molar-refractivity contribution in [3.63, 3.8) is 0 Å². The Bertz CT molecular complexity index is 2630. The topological polar surface area (TPSA) is 148 Å². The third kappa shape index (κ3) is 15.0. The molecule has 0 aliphatic carbocycles. The fourth-order valence-corrected chi connectivity index (χ4v) is 7.78. The van der Waals surface area contributed by atoms with Crippen molar-refractivity contribution in [1.82, 2.24) is 31.3 Å². The number of carbonyl (C=O) groups is 6. The molecule has 3 N–H and O–H groups in total. The third-order valence-electron chi connectivity index (χ3n) is 8.90. The summed E-state index contributed by atoms with van der Waals surface area (Å²) in [5, 5.41) is 11.6. The number of nitrogens with one attached hydrogen (secondary N) is 3. The molecule has 6 amide bonds. The second kappa shape index (κ2) is 23.2. The van der Waals surface area contributed by atoms with Crippen LogP contribution < -0.4 is 16.3 Å². The van der Waals surface area contributed by atoms with Gasteiger partial charge in [0.05, 0.1) is 42.0 Å². The quantitative estimate of drug-likeness (QED) is 0.142. The lowest BCUT2D eigenvalue weighted by atomic mass is 10.1. The number of rotatable bonds is 6. The molecule has 354 valence electrons. The normalized spacial score (nSPS) is 11.1. The maximum Gasteiger partial charge on any atom is 0.282 e. The summed E-state index contributed by atoms with van der Waals surface area (Å²) in [5.41, 5.74) is 6.48. The Morgan fingerprint density at radius 2 is 0.940 bits per heavy atom. The number of carbonyl (C=O) groups excluding carboxylic acids is 6. The van der Waals surface area contributed by atoms with Gasteiger partial charge in [-0.2, -0.15) is 11.3 Å². The molecule has 6 rings (SSSR count). The lowest BCUT2D eigenvalue weighted by Gasteiger charge is -2.35. The molecule has 0 saturated heterocycles. The molecule has 0 aliphatic rings. The van der Waals surface area contributed by atoms with Crippen molar-refractivity contribution >= 4 is 92.7 Å². The summed E-state index contributed by atoms with van der Waals surface area (Å²) < 4.78 is 27.4. The van der Waals surface area contributed by atoms with Crippen LogP contribution in [0.25, 0.3) is 0 Å². The zero-order valence-corrected chi connectivity index (χ0v) is 42.0. The van der Waals surface area contributed by atoms with Gasteiger partial charge >= 0.3 is 0 Å². The fraction of sp³-hybridized carbons (Fsp3) is 0.250. The van der Waals surface area contributed by atoms with E-state index in [-0.39, 0.29) is 22.7 Å². The molecule has 3 aromatic carbocycles. The molecule has 67 heavy (non-hydrogen) atoms. The van der Waals surface area contributed by atoms with Crippen molar-refractivity contribution in [2.24, 2.45) is 0 Å². The van der Waals surface area contributed by atoms with Gasteiger partial charge in [0, 0.05) is 16.5 Å². The van der Waals surface area contributed by atoms with E-state index < -0.39 is 51.5 Å². The number of nitrogens with zero attached hydrogens (tertiary/aromatic N) is 3. The molecule has 0 saturated carbocycles. The lowest BCUT2D eigenvalue weighted by Crippen LogP contribution is -2.56. The van der Waals surface area contributed by atoms with Crippen LogP contribution in [0.5, 0.6) is 0 Å². The van der Waals surface area contributed by atoms with Crippen LogP contribution in [-0.4, -0.2) is 67.1 Å². The van der Waals surface area contributed by atoms with E-state index in [1.165, 1.54) is 56.2 Å². The highest BCUT2D eigenvalue weighted by atomic mass is 35.5. The molecule has 12 nitrogen and oxygen atoms in total. The van der Waals surface area contributed by atoms with E-state index in [1.807, 2.05) is 58.4 Å². The lowest BCUT2D eigenvalue weighted by molar-refractivity contribution is 0.0357. The van der Waals surface area contributed by atoms with Crippen LogP contribution in [0.2, 0.25) is 10.0 Å². The van der Waals surface area contributed by atoms with Crippen molar-refractivity contribution in [2.75, 3.05) is 0 Å². The Balaban J connectivity index is 0.000000220. The summed E-state index contributed by atoms with van der Waals surface area (Å²) in [4.78, 5) is 75.6. The summed E-state index contributed by atoms with van der Waals surface area (Å²) in [5.74, 6) is -4.63. The van der Waals surface area contributed by atoms with Gasteiger partial charge in [0.2, 0.25) is 0 Å². The number of hydrogen-bond donors (Lipinski definition) is 3. The first-order valence-corrected chi connectivity index (χ1v) is 23.8. The van der Waals surface area contributed by atoms with Gasteiger partial charge in [0.25, 0.3) is 35.4 Å². The summed E-state index contributed by atoms with van der Waals surface area (Å²) >= 11 is 15.8. The van der Waals surface area contributed by atoms with Crippen LogP contribution in [0.3, 0.4) is 0 Å². The van der Waals surface area contributed by atoms with Crippen LogP contribution in [0, 0.1) is 11.6 Å². The molecular formula is C48H50Cl2F2N6O6S3. The molecule has 3 heterocycles. The van der Waals surface area contributed by atoms with Crippen LogP contribution >= 0.6 is 57.2 Å². The van der Waals surface area contributed by atoms with E-state index >= 15 is 0 Å². The molecule has 3 aromatic heterocycles. The van der Waals surface area contributed by atoms with E-state index in [0.717, 1.165) is 17.1 Å². The number of benzene rings is 3. The number of amides is 6. The van der Waals surface area contributed by atoms with Crippen molar-refractivity contribution in [1.29, 1.82) is 0 Å². The van der Waals surface area contributed by atoms with Crippen LogP contribution in [-0.2, 0) is 0 Å². The summed E-state index contributed by atoms with van der Waals surface area (Å²) in [6.07, 6.45) is 0. The number of thiophene rings is 3. The third-order valence-corrected chi connectivity index (χ3v) is 12.0. The maximum absolute atomic E-state index is 13.7. The first-order valence-electron chi connectivity index (χ1n) is 20.3. The Morgan fingerprint density at radius 1 is 0.478 bits per heavy atom. The van der Waals surface area contributed by atoms with Gasteiger partial charge in [-0.05, 0) is 139 Å². The van der Waals surface area contributed by atoms with Gasteiger partial charge in [-0.15, -0.1) is 22.7 Å². The van der Waals surface area contributed by atoms with E-state index in [2.05, 4.69) is 16.3 Å². The highest BCUT2D eigenvalue weighted by Crippen LogP contribution is 2.25. The van der Waals surface area contributed by atoms with Crippen molar-refractivity contribution in [3.8, 4) is 0 Å². The average Bonchev–Trinajstić information content (AvgIpc) is 4.09. The highest BCUT2D eigenvalue weighted by Gasteiger charge is 2.33. The van der Waals surface area contributed by atoms with Gasteiger partial charge in [-0.1, -0.05) is 59.6 Å². The van der Waals surface area contributed by atoms with E-state index in [9.17, 15) is 37.5 Å². The summed E-state index contributed by atoms with van der Waals surface area (Å²) in [6, 6.07) is 25.2. The molecule has 0 bridgehead atoms. The second-order valence-electron chi connectivity index (χ2n) is 17.3. The Labute approximate surface area is 410 Å². The van der Waals surface area contributed by atoms with Crippen LogP contribution in [0.1, 0.15) is 123 Å². The Hall–Kier alpha value is -5.98. The largest absolute Gasteiger partial charge is 0.282 e. The van der Waals surface area contributed by atoms with Crippen molar-refractivity contribution in [3.05, 3.63) is 172 Å². The highest BCUT2D eigenvalue weighted by molar-refractivity contribution is 7.12. The minimum atomic E-state index is -1.01. The monoisotopic (exact) mass is 1010 g/mol. The average molecular weight is 1010 g/mol. The van der Waals surface area contributed by atoms with Gasteiger partial charge in [0.1, 0.15) is 17.2 Å². The molecule has 0 radical (unpaired) electrons. The van der Waals surface area contributed by atoms with Gasteiger partial charge in [0.15, 0.2) is 0 Å². The molecule has 0 aliphatic heterocycles. The van der Waals surface area contributed by atoms with Crippen molar-refractivity contribution in [2.45, 2.75) is 78.9 Å². The predicted molar refractivity (Wildman–Crippen MR) is 262 cm³/mol. The standard InChI is InChI=1S/C16H16Cl2N2O2S.C16H16F2N2O2S.C16H18N2O2S/c1-16(2,3)20(15(22)13-5-4-8-23-13)19-14(21)10-6-7-11(17)12(18)9-10;1-16(2,3)20(15(22)12-8-5-9-23-12)19-14(21)13-10(17)6-4-7-11(13)18;1-16(2,3)18(15(20)12-7-5-4-6-8-12)17-14(19)13-9-10-21-11-13/h2*4-9H,1-3H3,(H,19,21);4-11H,1-3H3,(H,17,19). The van der Waals surface area contributed by atoms with Gasteiger partial charge < -0.3 is 0 Å². The summed E-state index contributed by atoms with van der Waals surface area (Å²) in [6.45, 7) is 16.3. The van der Waals surface area contributed by atoms with Crippen LogP contribution in [0.15, 0.2) is 119 Å². The van der Waals surface area contributed by atoms with Crippen molar-refractivity contribution < 1.29 is 37.5 Å². The van der Waals surface area contributed by atoms with E-state index in [1.54, 1.807) is 98.3 Å². The fourth-order valence-electron chi connectivity index (χ4n) is 5.54. The van der Waals surface area contributed by atoms with E-state index in [0.29, 0.717) is 31.5 Å². The summed E-state index contributed by atoms with van der Waals surface area (Å²) in [7, 11) is 0. The number of hydrazine groups is 3.